The molecular weight excluding hydrogens is 338 g/mol. The average molecular weight is 363 g/mol. The summed E-state index contributed by atoms with van der Waals surface area (Å²) in [6.07, 6.45) is 2.40. The summed E-state index contributed by atoms with van der Waals surface area (Å²) in [5.41, 5.74) is 8.09. The van der Waals surface area contributed by atoms with Crippen LogP contribution in [0.25, 0.3) is 16.8 Å². The minimum Gasteiger partial charge on any atom is -0.292 e. The van der Waals surface area contributed by atoms with Crippen LogP contribution in [-0.4, -0.2) is 14.5 Å². The highest BCUT2D eigenvalue weighted by Gasteiger charge is 2.14. The van der Waals surface area contributed by atoms with E-state index in [1.165, 1.54) is 16.7 Å². The lowest BCUT2D eigenvalue weighted by atomic mass is 9.95. The Labute approximate surface area is 159 Å². The van der Waals surface area contributed by atoms with Crippen molar-refractivity contribution in [1.29, 1.82) is 0 Å². The first kappa shape index (κ1) is 18.8. The quantitative estimate of drug-likeness (QED) is 0.420. The maximum atomic E-state index is 12.4. The molecule has 2 aliphatic rings. The van der Waals surface area contributed by atoms with E-state index >= 15 is 0 Å². The van der Waals surface area contributed by atoms with Gasteiger partial charge in [-0.1, -0.05) is 57.2 Å². The van der Waals surface area contributed by atoms with Crippen molar-refractivity contribution in [1.82, 2.24) is 14.5 Å². The van der Waals surface area contributed by atoms with Gasteiger partial charge >= 0.3 is 5.69 Å². The summed E-state index contributed by atoms with van der Waals surface area (Å²) >= 11 is 0. The Morgan fingerprint density at radius 1 is 0.926 bits per heavy atom. The van der Waals surface area contributed by atoms with Gasteiger partial charge in [-0.2, -0.15) is 9.97 Å². The van der Waals surface area contributed by atoms with Gasteiger partial charge in [0.05, 0.1) is 5.69 Å². The molecule has 2 aromatic rings. The zero-order chi connectivity index (χ0) is 19.4. The zero-order valence-electron chi connectivity index (χ0n) is 16.0. The molecule has 0 saturated heterocycles. The van der Waals surface area contributed by atoms with Gasteiger partial charge in [0.1, 0.15) is 5.82 Å². The second-order valence-electron chi connectivity index (χ2n) is 6.28. The van der Waals surface area contributed by atoms with Gasteiger partial charge in [0.25, 0.3) is 0 Å². The summed E-state index contributed by atoms with van der Waals surface area (Å²) in [7, 11) is 0. The molecule has 4 rings (SSSR count). The van der Waals surface area contributed by atoms with E-state index in [0.717, 1.165) is 24.1 Å². The van der Waals surface area contributed by atoms with Gasteiger partial charge in [-0.25, -0.2) is 15.2 Å². The number of hydrogen-bond acceptors (Lipinski definition) is 5. The Kier molecular flexibility index (Phi) is 5.66. The van der Waals surface area contributed by atoms with Crippen LogP contribution in [0.3, 0.4) is 0 Å². The molecule has 0 aliphatic heterocycles. The van der Waals surface area contributed by atoms with Crippen molar-refractivity contribution in [2.24, 2.45) is 5.84 Å². The third-order valence-corrected chi connectivity index (χ3v) is 4.77. The van der Waals surface area contributed by atoms with E-state index in [2.05, 4.69) is 59.6 Å². The monoisotopic (exact) mass is 363 g/mol. The Morgan fingerprint density at radius 2 is 1.59 bits per heavy atom. The number of anilines is 1. The van der Waals surface area contributed by atoms with E-state index in [1.807, 2.05) is 19.1 Å². The van der Waals surface area contributed by atoms with Gasteiger partial charge in [0, 0.05) is 6.42 Å². The molecule has 0 radical (unpaired) electrons. The number of benzene rings is 2. The van der Waals surface area contributed by atoms with Crippen molar-refractivity contribution in [3.05, 3.63) is 69.9 Å². The molecule has 0 spiro atoms. The fourth-order valence-corrected chi connectivity index (χ4v) is 3.22. The first-order valence-corrected chi connectivity index (χ1v) is 9.31. The number of hydrazine groups is 1. The molecule has 1 aromatic carbocycles. The maximum absolute atomic E-state index is 12.4. The minimum absolute atomic E-state index is 0.151. The molecule has 140 valence electrons. The Bertz CT molecular complexity index is 971. The number of nitrogens with zero attached hydrogens (tertiary/aromatic N) is 3. The van der Waals surface area contributed by atoms with Crippen LogP contribution >= 0.6 is 0 Å². The van der Waals surface area contributed by atoms with Crippen LogP contribution in [0, 0.1) is 0 Å². The van der Waals surface area contributed by atoms with Crippen molar-refractivity contribution in [2.75, 3.05) is 5.43 Å². The smallest absolute Gasteiger partial charge is 0.292 e. The second-order valence-corrected chi connectivity index (χ2v) is 6.28. The van der Waals surface area contributed by atoms with Gasteiger partial charge in [-0.15, -0.1) is 0 Å². The number of aromatic nitrogens is 3. The maximum Gasteiger partial charge on any atom is 0.356 e. The molecule has 1 heterocycles. The number of hydrogen-bond donors (Lipinski definition) is 2. The average Bonchev–Trinajstić information content (AvgIpc) is 2.69. The second kappa shape index (κ2) is 8.14. The summed E-state index contributed by atoms with van der Waals surface area (Å²) in [6, 6.07) is 14.5. The summed E-state index contributed by atoms with van der Waals surface area (Å²) in [5, 5.41) is 0. The van der Waals surface area contributed by atoms with Gasteiger partial charge < -0.3 is 0 Å². The van der Waals surface area contributed by atoms with E-state index < -0.39 is 0 Å². The molecule has 1 aromatic heterocycles. The van der Waals surface area contributed by atoms with Crippen molar-refractivity contribution < 1.29 is 0 Å². The van der Waals surface area contributed by atoms with Gasteiger partial charge in [-0.3, -0.25) is 5.43 Å². The van der Waals surface area contributed by atoms with Crippen molar-refractivity contribution in [3.8, 4) is 16.8 Å². The number of nitrogens with two attached hydrogens (primary N) is 1. The van der Waals surface area contributed by atoms with E-state index in [0.29, 0.717) is 12.2 Å². The van der Waals surface area contributed by atoms with Crippen LogP contribution in [0.15, 0.2) is 47.3 Å². The summed E-state index contributed by atoms with van der Waals surface area (Å²) in [6.45, 7) is 6.15. The fraction of sp³-hybridized carbons (Fsp3) is 0.286. The molecule has 2 aliphatic carbocycles. The predicted octanol–water partition coefficient (Wildman–Crippen LogP) is 3.27. The molecule has 0 fully saturated rings. The van der Waals surface area contributed by atoms with Gasteiger partial charge in [0.15, 0.2) is 0 Å². The third-order valence-electron chi connectivity index (χ3n) is 4.77. The zero-order valence-corrected chi connectivity index (χ0v) is 16.0. The lowest BCUT2D eigenvalue weighted by Crippen LogP contribution is -2.29. The van der Waals surface area contributed by atoms with Crippen LogP contribution in [0.4, 0.5) is 5.95 Å². The van der Waals surface area contributed by atoms with Crippen molar-refractivity contribution >= 4 is 5.95 Å². The lowest BCUT2D eigenvalue weighted by Gasteiger charge is -2.16. The van der Waals surface area contributed by atoms with Crippen LogP contribution < -0.4 is 17.0 Å². The van der Waals surface area contributed by atoms with Crippen molar-refractivity contribution in [3.63, 3.8) is 0 Å². The number of nitrogens with one attached hydrogen (secondary N) is 1. The SMILES string of the molecule is CCc1cccc(-n2c(CC)nc(NN)nc2=O)c1CC.c1cc2ccc1-2. The largest absolute Gasteiger partial charge is 0.356 e. The molecule has 0 bridgehead atoms. The molecule has 0 atom stereocenters. The topological polar surface area (TPSA) is 85.8 Å². The normalized spacial score (nSPS) is 10.8. The summed E-state index contributed by atoms with van der Waals surface area (Å²) < 4.78 is 1.58. The molecule has 27 heavy (non-hydrogen) atoms. The number of nitrogen functional groups attached to an aromatic ring is 1. The number of rotatable bonds is 5. The van der Waals surface area contributed by atoms with E-state index in [4.69, 9.17) is 5.84 Å². The first-order chi connectivity index (χ1) is 13.1. The van der Waals surface area contributed by atoms with Crippen LogP contribution in [-0.2, 0) is 19.3 Å². The van der Waals surface area contributed by atoms with E-state index in [-0.39, 0.29) is 11.6 Å². The molecule has 6 nitrogen and oxygen atoms in total. The minimum atomic E-state index is -0.363. The highest BCUT2D eigenvalue weighted by molar-refractivity contribution is 5.75. The van der Waals surface area contributed by atoms with E-state index in [1.54, 1.807) is 4.57 Å². The lowest BCUT2D eigenvalue weighted by molar-refractivity contribution is 0.761. The molecule has 3 N–H and O–H groups in total. The molecule has 0 amide bonds. The third kappa shape index (κ3) is 3.61. The first-order valence-electron chi connectivity index (χ1n) is 9.31. The van der Waals surface area contributed by atoms with Crippen LogP contribution in [0.5, 0.6) is 0 Å². The highest BCUT2D eigenvalue weighted by Crippen LogP contribution is 2.29. The van der Waals surface area contributed by atoms with Crippen molar-refractivity contribution in [2.45, 2.75) is 40.0 Å². The predicted molar refractivity (Wildman–Crippen MR) is 109 cm³/mol. The van der Waals surface area contributed by atoms with Gasteiger partial charge in [-0.05, 0) is 41.2 Å². The van der Waals surface area contributed by atoms with Gasteiger partial charge in [0.2, 0.25) is 5.95 Å². The number of fused-ring (bicyclic) bond motifs is 1. The number of aryl methyl sites for hydroxylation is 2. The van der Waals surface area contributed by atoms with E-state index in [9.17, 15) is 4.79 Å². The summed E-state index contributed by atoms with van der Waals surface area (Å²) in [4.78, 5) is 20.5. The van der Waals surface area contributed by atoms with Crippen LogP contribution in [0.1, 0.15) is 37.7 Å². The Morgan fingerprint density at radius 3 is 2.04 bits per heavy atom. The fourth-order valence-electron chi connectivity index (χ4n) is 3.22. The molecule has 6 heteroatoms. The Balaban J connectivity index is 0.000000290. The van der Waals surface area contributed by atoms with Crippen LogP contribution in [0.2, 0.25) is 0 Å². The molecule has 0 saturated carbocycles. The highest BCUT2D eigenvalue weighted by atomic mass is 16.1. The Hall–Kier alpha value is -2.99. The molecular formula is C21H25N5O. The molecule has 0 unspecified atom stereocenters. The standard InChI is InChI=1S/C15H21N5O.C6H4/c1-4-10-8-7-9-12(11(10)5-2)20-13(6-3)17-14(19-16)18-15(20)21;1-2-6-4-3-5(1)6/h7-9H,4-6,16H2,1-3H3,(H,18,19,21);1-4H. The summed E-state index contributed by atoms with van der Waals surface area (Å²) in [5.74, 6) is 6.10.